The summed E-state index contributed by atoms with van der Waals surface area (Å²) in [6.45, 7) is 5.28. The van der Waals surface area contributed by atoms with Gasteiger partial charge in [0.1, 0.15) is 12.3 Å². The highest BCUT2D eigenvalue weighted by Gasteiger charge is 2.21. The van der Waals surface area contributed by atoms with Crippen molar-refractivity contribution in [1.29, 1.82) is 0 Å². The lowest BCUT2D eigenvalue weighted by Crippen LogP contribution is -2.40. The first kappa shape index (κ1) is 18.4. The highest BCUT2D eigenvalue weighted by atomic mass is 16.5. The maximum atomic E-state index is 12.4. The number of nitrogens with zero attached hydrogens (tertiary/aromatic N) is 3. The molecule has 1 N–H and O–H groups in total. The van der Waals surface area contributed by atoms with Crippen LogP contribution in [-0.2, 0) is 17.8 Å². The van der Waals surface area contributed by atoms with E-state index in [2.05, 4.69) is 10.1 Å². The van der Waals surface area contributed by atoms with E-state index in [0.29, 0.717) is 29.4 Å². The van der Waals surface area contributed by atoms with Crippen LogP contribution in [0.5, 0.6) is 5.75 Å². The molecule has 0 unspecified atom stereocenters. The lowest BCUT2D eigenvalue weighted by molar-refractivity contribution is -0.138. The van der Waals surface area contributed by atoms with Gasteiger partial charge >= 0.3 is 5.97 Å². The minimum Gasteiger partial charge on any atom is -0.485 e. The summed E-state index contributed by atoms with van der Waals surface area (Å²) < 4.78 is 10.5. The molecular weight excluding hydrogens is 326 g/mol. The first-order valence-electron chi connectivity index (χ1n) is 7.97. The number of aromatic nitrogens is 2. The van der Waals surface area contributed by atoms with Gasteiger partial charge < -0.3 is 19.3 Å². The Kier molecular flexibility index (Phi) is 6.10. The molecule has 0 aliphatic carbocycles. The van der Waals surface area contributed by atoms with E-state index in [1.54, 1.807) is 38.1 Å². The summed E-state index contributed by atoms with van der Waals surface area (Å²) in [5.41, 5.74) is 0.398. The van der Waals surface area contributed by atoms with Crippen LogP contribution in [-0.4, -0.2) is 44.6 Å². The number of hydrogen-bond donors (Lipinski definition) is 1. The molecule has 1 amide bonds. The lowest BCUT2D eigenvalue weighted by Gasteiger charge is -2.25. The Hall–Kier alpha value is -2.90. The van der Waals surface area contributed by atoms with Crippen molar-refractivity contribution in [2.24, 2.45) is 0 Å². The Morgan fingerprint density at radius 3 is 2.48 bits per heavy atom. The number of ether oxygens (including phenoxy) is 1. The Balaban J connectivity index is 2.00. The Morgan fingerprint density at radius 1 is 1.28 bits per heavy atom. The number of aryl methyl sites for hydroxylation is 1. The van der Waals surface area contributed by atoms with Crippen LogP contribution in [0.3, 0.4) is 0 Å². The second kappa shape index (κ2) is 8.27. The van der Waals surface area contributed by atoms with Crippen LogP contribution >= 0.6 is 0 Å². The molecule has 0 saturated heterocycles. The van der Waals surface area contributed by atoms with Crippen LogP contribution in [0.1, 0.15) is 42.8 Å². The summed E-state index contributed by atoms with van der Waals surface area (Å²) in [6.07, 6.45) is 0.659. The number of carboxylic acids is 1. The predicted molar refractivity (Wildman–Crippen MR) is 88.3 cm³/mol. The van der Waals surface area contributed by atoms with Crippen LogP contribution in [0.15, 0.2) is 28.8 Å². The summed E-state index contributed by atoms with van der Waals surface area (Å²) in [6, 6.07) is 6.27. The highest BCUT2D eigenvalue weighted by Crippen LogP contribution is 2.16. The fourth-order valence-electron chi connectivity index (χ4n) is 2.13. The van der Waals surface area contributed by atoms with Crippen LogP contribution in [0, 0.1) is 0 Å². The number of amides is 1. The number of carbonyl (C=O) groups excluding carboxylic acids is 1. The molecule has 0 spiro atoms. The molecule has 0 fully saturated rings. The Bertz CT molecular complexity index is 724. The average molecular weight is 347 g/mol. The van der Waals surface area contributed by atoms with E-state index in [0.717, 1.165) is 0 Å². The summed E-state index contributed by atoms with van der Waals surface area (Å²) in [4.78, 5) is 28.8. The van der Waals surface area contributed by atoms with Gasteiger partial charge in [-0.05, 0) is 38.1 Å². The summed E-state index contributed by atoms with van der Waals surface area (Å²) in [5.74, 6) is 0.160. The smallest absolute Gasteiger partial charge is 0.323 e. The first-order chi connectivity index (χ1) is 11.9. The summed E-state index contributed by atoms with van der Waals surface area (Å²) >= 11 is 0. The number of rotatable bonds is 8. The van der Waals surface area contributed by atoms with Crippen LogP contribution < -0.4 is 4.74 Å². The first-order valence-corrected chi connectivity index (χ1v) is 7.97. The van der Waals surface area contributed by atoms with Gasteiger partial charge in [-0.1, -0.05) is 12.1 Å². The molecule has 0 saturated carbocycles. The van der Waals surface area contributed by atoms with Crippen molar-refractivity contribution in [3.8, 4) is 5.75 Å². The van der Waals surface area contributed by atoms with Crippen molar-refractivity contribution in [2.75, 3.05) is 6.54 Å². The Morgan fingerprint density at radius 2 is 1.96 bits per heavy atom. The molecule has 0 bridgehead atoms. The number of carboxylic acid groups (broad SMARTS) is 1. The van der Waals surface area contributed by atoms with Gasteiger partial charge in [0.05, 0.1) is 0 Å². The van der Waals surface area contributed by atoms with Crippen molar-refractivity contribution < 1.29 is 24.0 Å². The predicted octanol–water partition coefficient (Wildman–Crippen LogP) is 2.15. The standard InChI is InChI=1S/C17H21N3O5/c1-4-15-18-14(19-25-15)10-24-13-7-5-12(6-8-13)17(23)20(11(2)3)9-16(21)22/h5-8,11H,4,9-10H2,1-3H3,(H,21,22). The van der Waals surface area contributed by atoms with Crippen molar-refractivity contribution in [3.63, 3.8) is 0 Å². The zero-order valence-corrected chi connectivity index (χ0v) is 14.4. The van der Waals surface area contributed by atoms with Crippen LogP contribution in [0.4, 0.5) is 0 Å². The quantitative estimate of drug-likeness (QED) is 0.780. The molecule has 134 valence electrons. The zero-order valence-electron chi connectivity index (χ0n) is 14.4. The normalized spacial score (nSPS) is 10.7. The van der Waals surface area contributed by atoms with E-state index in [1.807, 2.05) is 6.92 Å². The molecular formula is C17H21N3O5. The van der Waals surface area contributed by atoms with E-state index in [1.165, 1.54) is 4.90 Å². The fourth-order valence-corrected chi connectivity index (χ4v) is 2.13. The fraction of sp³-hybridized carbons (Fsp3) is 0.412. The zero-order chi connectivity index (χ0) is 18.4. The summed E-state index contributed by atoms with van der Waals surface area (Å²) in [7, 11) is 0. The van der Waals surface area contributed by atoms with Crippen molar-refractivity contribution in [3.05, 3.63) is 41.5 Å². The minimum absolute atomic E-state index is 0.161. The third kappa shape index (κ3) is 5.03. The molecule has 0 radical (unpaired) electrons. The molecule has 1 heterocycles. The average Bonchev–Trinajstić information content (AvgIpc) is 3.05. The number of benzene rings is 1. The van der Waals surface area contributed by atoms with Crippen LogP contribution in [0.2, 0.25) is 0 Å². The SMILES string of the molecule is CCc1nc(COc2ccc(C(=O)N(CC(=O)O)C(C)C)cc2)no1. The maximum absolute atomic E-state index is 12.4. The van der Waals surface area contributed by atoms with E-state index in [9.17, 15) is 9.59 Å². The molecule has 2 aromatic rings. The molecule has 0 aliphatic heterocycles. The van der Waals surface area contributed by atoms with Gasteiger partial charge in [-0.15, -0.1) is 0 Å². The van der Waals surface area contributed by atoms with Gasteiger partial charge in [0, 0.05) is 18.0 Å². The van der Waals surface area contributed by atoms with Gasteiger partial charge in [-0.2, -0.15) is 4.98 Å². The van der Waals surface area contributed by atoms with Crippen molar-refractivity contribution in [2.45, 2.75) is 39.8 Å². The minimum atomic E-state index is -1.05. The van der Waals surface area contributed by atoms with Crippen molar-refractivity contribution >= 4 is 11.9 Å². The second-order valence-electron chi connectivity index (χ2n) is 5.69. The maximum Gasteiger partial charge on any atom is 0.323 e. The number of hydrogen-bond acceptors (Lipinski definition) is 6. The molecule has 0 atom stereocenters. The van der Waals surface area contributed by atoms with E-state index in [4.69, 9.17) is 14.4 Å². The van der Waals surface area contributed by atoms with Gasteiger partial charge in [-0.3, -0.25) is 9.59 Å². The Labute approximate surface area is 145 Å². The van der Waals surface area contributed by atoms with Gasteiger partial charge in [-0.25, -0.2) is 0 Å². The second-order valence-corrected chi connectivity index (χ2v) is 5.69. The molecule has 0 aliphatic rings. The number of carbonyl (C=O) groups is 2. The summed E-state index contributed by atoms with van der Waals surface area (Å²) in [5, 5.41) is 12.7. The van der Waals surface area contributed by atoms with Crippen molar-refractivity contribution in [1.82, 2.24) is 15.0 Å². The highest BCUT2D eigenvalue weighted by molar-refractivity contribution is 5.96. The van der Waals surface area contributed by atoms with E-state index < -0.39 is 5.97 Å². The third-order valence-corrected chi connectivity index (χ3v) is 3.47. The molecule has 8 nitrogen and oxygen atoms in total. The molecule has 2 rings (SSSR count). The monoisotopic (exact) mass is 347 g/mol. The molecule has 1 aromatic carbocycles. The van der Waals surface area contributed by atoms with Gasteiger partial charge in [0.15, 0.2) is 6.61 Å². The molecule has 1 aromatic heterocycles. The topological polar surface area (TPSA) is 106 Å². The van der Waals surface area contributed by atoms with E-state index in [-0.39, 0.29) is 25.1 Å². The number of aliphatic carboxylic acids is 1. The van der Waals surface area contributed by atoms with E-state index >= 15 is 0 Å². The van der Waals surface area contributed by atoms with Crippen LogP contribution in [0.25, 0.3) is 0 Å². The third-order valence-electron chi connectivity index (χ3n) is 3.47. The van der Waals surface area contributed by atoms with Gasteiger partial charge in [0.25, 0.3) is 5.91 Å². The molecule has 8 heteroatoms. The van der Waals surface area contributed by atoms with Gasteiger partial charge in [0.2, 0.25) is 11.7 Å². The molecule has 25 heavy (non-hydrogen) atoms. The largest absolute Gasteiger partial charge is 0.485 e. The lowest BCUT2D eigenvalue weighted by atomic mass is 10.1.